The van der Waals surface area contributed by atoms with E-state index in [0.29, 0.717) is 6.07 Å². The number of nitro groups is 1. The second-order valence-corrected chi connectivity index (χ2v) is 8.62. The van der Waals surface area contributed by atoms with Gasteiger partial charge in [0.25, 0.3) is 5.69 Å². The first-order valence-corrected chi connectivity index (χ1v) is 10.5. The third-order valence-corrected chi connectivity index (χ3v) is 5.79. The van der Waals surface area contributed by atoms with Crippen LogP contribution in [0.2, 0.25) is 0 Å². The van der Waals surface area contributed by atoms with E-state index in [-0.39, 0.29) is 11.3 Å². The molecule has 0 aromatic heterocycles. The number of nitrogens with zero attached hydrogens (tertiary/aromatic N) is 1. The van der Waals surface area contributed by atoms with Gasteiger partial charge >= 0.3 is 17.2 Å². The molecule has 0 bridgehead atoms. The fourth-order valence-electron chi connectivity index (χ4n) is 2.14. The Labute approximate surface area is 187 Å². The average Bonchev–Trinajstić information content (AvgIpc) is 2.67. The quantitative estimate of drug-likeness (QED) is 0.122. The third-order valence-electron chi connectivity index (χ3n) is 3.73. The molecule has 2 aromatic carbocycles. The lowest BCUT2D eigenvalue weighted by Crippen LogP contribution is -2.34. The van der Waals surface area contributed by atoms with Crippen molar-refractivity contribution in [2.24, 2.45) is 0 Å². The Kier molecular flexibility index (Phi) is 7.28. The number of aryl methyl sites for hydroxylation is 1. The Morgan fingerprint density at radius 2 is 1.81 bits per heavy atom. The number of carbonyl (C=O) groups is 2. The molecular weight excluding hydrogens is 559 g/mol. The van der Waals surface area contributed by atoms with Crippen LogP contribution in [0.15, 0.2) is 36.4 Å². The molecule has 0 amide bonds. The highest BCUT2D eigenvalue weighted by Gasteiger charge is 2.40. The Balaban J connectivity index is 2.29. The number of nitro benzene ring substituents is 1. The van der Waals surface area contributed by atoms with Crippen LogP contribution in [0.3, 0.4) is 0 Å². The van der Waals surface area contributed by atoms with Crippen LogP contribution in [0, 0.1) is 20.6 Å². The molecule has 0 aliphatic rings. The van der Waals surface area contributed by atoms with Gasteiger partial charge in [0.2, 0.25) is 0 Å². The summed E-state index contributed by atoms with van der Waals surface area (Å²) in [6, 6.07) is 7.08. The zero-order valence-electron chi connectivity index (χ0n) is 15.3. The molecular formula is C17H11F2INO9S-. The zero-order chi connectivity index (χ0) is 23.6. The van der Waals surface area contributed by atoms with Gasteiger partial charge in [-0.25, -0.2) is 18.0 Å². The maximum Gasteiger partial charge on any atom is 0.367 e. The lowest BCUT2D eigenvalue weighted by atomic mass is 10.1. The third kappa shape index (κ3) is 5.92. The van der Waals surface area contributed by atoms with Crippen LogP contribution in [0.25, 0.3) is 0 Å². The highest BCUT2D eigenvalue weighted by molar-refractivity contribution is 14.1. The number of halogens is 3. The summed E-state index contributed by atoms with van der Waals surface area (Å²) in [5, 5.41) is 6.17. The van der Waals surface area contributed by atoms with Crippen molar-refractivity contribution in [1.29, 1.82) is 0 Å². The summed E-state index contributed by atoms with van der Waals surface area (Å²) >= 11 is 2.05. The van der Waals surface area contributed by atoms with E-state index in [1.807, 2.05) is 22.6 Å². The van der Waals surface area contributed by atoms with E-state index in [2.05, 4.69) is 4.74 Å². The number of carbonyl (C=O) groups excluding carboxylic acids is 2. The molecule has 166 valence electrons. The molecule has 2 rings (SSSR count). The van der Waals surface area contributed by atoms with Crippen LogP contribution in [0.4, 0.5) is 14.5 Å². The van der Waals surface area contributed by atoms with Gasteiger partial charge in [-0.1, -0.05) is 0 Å². The summed E-state index contributed by atoms with van der Waals surface area (Å²) in [6.45, 7) is -0.406. The van der Waals surface area contributed by atoms with Gasteiger partial charge in [0.05, 0.1) is 10.5 Å². The number of benzene rings is 2. The Hall–Kier alpha value is -2.72. The monoisotopic (exact) mass is 570 g/mol. The predicted octanol–water partition coefficient (Wildman–Crippen LogP) is 3.02. The Bertz CT molecular complexity index is 1170. The summed E-state index contributed by atoms with van der Waals surface area (Å²) in [6.07, 6.45) is 0. The molecule has 0 heterocycles. The molecule has 0 saturated heterocycles. The van der Waals surface area contributed by atoms with Crippen LogP contribution in [-0.4, -0.2) is 41.7 Å². The molecule has 0 spiro atoms. The fraction of sp³-hybridized carbons (Fsp3) is 0.176. The molecule has 2 aromatic rings. The van der Waals surface area contributed by atoms with Gasteiger partial charge in [0.15, 0.2) is 16.7 Å². The minimum atomic E-state index is -6.13. The number of rotatable bonds is 7. The molecule has 10 nitrogen and oxygen atoms in total. The van der Waals surface area contributed by atoms with Gasteiger partial charge in [-0.2, -0.15) is 8.78 Å². The summed E-state index contributed by atoms with van der Waals surface area (Å²) in [5.74, 6) is -2.93. The van der Waals surface area contributed by atoms with Gasteiger partial charge < -0.3 is 14.0 Å². The minimum Gasteiger partial charge on any atom is -0.743 e. The highest BCUT2D eigenvalue weighted by atomic mass is 127. The van der Waals surface area contributed by atoms with E-state index < -0.39 is 50.1 Å². The standard InChI is InChI=1S/C17H12F2INO9S/c1-9-6-10(2-4-13(9)20)15(22)30-11-3-5-14(21(24)25)12(7-11)16(23)29-8-17(18,19)31(26,27)28/h2-7H,8H2,1H3,(H,26,27,28)/p-1. The van der Waals surface area contributed by atoms with Crippen LogP contribution in [0.1, 0.15) is 26.3 Å². The molecule has 0 unspecified atom stereocenters. The van der Waals surface area contributed by atoms with E-state index in [0.717, 1.165) is 21.3 Å². The number of hydrogen-bond acceptors (Lipinski definition) is 9. The highest BCUT2D eigenvalue weighted by Crippen LogP contribution is 2.27. The van der Waals surface area contributed by atoms with E-state index in [9.17, 15) is 41.5 Å². The van der Waals surface area contributed by atoms with Gasteiger partial charge in [0, 0.05) is 15.7 Å². The first kappa shape index (κ1) is 24.5. The summed E-state index contributed by atoms with van der Waals surface area (Å²) in [5.41, 5.74) is -0.866. The van der Waals surface area contributed by atoms with Crippen molar-refractivity contribution in [2.75, 3.05) is 6.61 Å². The molecule has 31 heavy (non-hydrogen) atoms. The van der Waals surface area contributed by atoms with Crippen molar-refractivity contribution in [3.05, 3.63) is 66.8 Å². The molecule has 14 heteroatoms. The van der Waals surface area contributed by atoms with Gasteiger partial charge in [0.1, 0.15) is 11.3 Å². The lowest BCUT2D eigenvalue weighted by Gasteiger charge is -2.19. The van der Waals surface area contributed by atoms with Crippen molar-refractivity contribution >= 4 is 50.3 Å². The SMILES string of the molecule is Cc1cc(C(=O)Oc2ccc([N+](=O)[O-])c(C(=O)OCC(F)(F)S(=O)(=O)[O-])c2)ccc1I. The number of esters is 2. The minimum absolute atomic E-state index is 0.140. The number of ether oxygens (including phenoxy) is 2. The lowest BCUT2D eigenvalue weighted by molar-refractivity contribution is -0.385. The summed E-state index contributed by atoms with van der Waals surface area (Å²) < 4.78 is 67.8. The normalized spacial score (nSPS) is 11.6. The maximum atomic E-state index is 13.2. The molecule has 0 fully saturated rings. The first-order chi connectivity index (χ1) is 14.2. The van der Waals surface area contributed by atoms with Gasteiger partial charge in [-0.3, -0.25) is 10.1 Å². The summed E-state index contributed by atoms with van der Waals surface area (Å²) in [7, 11) is -6.13. The van der Waals surface area contributed by atoms with Gasteiger partial charge in [-0.15, -0.1) is 0 Å². The molecule has 0 atom stereocenters. The fourth-order valence-corrected chi connectivity index (χ4v) is 2.68. The van der Waals surface area contributed by atoms with Crippen molar-refractivity contribution in [2.45, 2.75) is 12.2 Å². The molecule has 0 N–H and O–H groups in total. The predicted molar refractivity (Wildman–Crippen MR) is 107 cm³/mol. The Morgan fingerprint density at radius 1 is 1.16 bits per heavy atom. The molecule has 0 aliphatic carbocycles. The van der Waals surface area contributed by atoms with E-state index >= 15 is 0 Å². The van der Waals surface area contributed by atoms with Crippen molar-refractivity contribution in [3.8, 4) is 5.75 Å². The number of hydrogen-bond donors (Lipinski definition) is 0. The smallest absolute Gasteiger partial charge is 0.367 e. The van der Waals surface area contributed by atoms with Crippen LogP contribution < -0.4 is 4.74 Å². The number of alkyl halides is 2. The summed E-state index contributed by atoms with van der Waals surface area (Å²) in [4.78, 5) is 34.4. The largest absolute Gasteiger partial charge is 0.743 e. The molecule has 0 radical (unpaired) electrons. The van der Waals surface area contributed by atoms with Crippen molar-refractivity contribution in [1.82, 2.24) is 0 Å². The first-order valence-electron chi connectivity index (χ1n) is 8.00. The van der Waals surface area contributed by atoms with E-state index in [4.69, 9.17) is 4.74 Å². The second-order valence-electron chi connectivity index (χ2n) is 5.96. The zero-order valence-corrected chi connectivity index (χ0v) is 18.3. The topological polar surface area (TPSA) is 153 Å². The van der Waals surface area contributed by atoms with E-state index in [1.54, 1.807) is 13.0 Å². The van der Waals surface area contributed by atoms with Crippen LogP contribution in [0.5, 0.6) is 5.75 Å². The van der Waals surface area contributed by atoms with E-state index in [1.165, 1.54) is 12.1 Å². The second kappa shape index (κ2) is 9.19. The molecule has 0 aliphatic heterocycles. The van der Waals surface area contributed by atoms with Crippen LogP contribution in [-0.2, 0) is 14.9 Å². The average molecular weight is 570 g/mol. The van der Waals surface area contributed by atoms with Gasteiger partial charge in [-0.05, 0) is 59.3 Å². The molecule has 0 saturated carbocycles. The maximum absolute atomic E-state index is 13.2. The van der Waals surface area contributed by atoms with Crippen LogP contribution >= 0.6 is 22.6 Å². The van der Waals surface area contributed by atoms with Crippen molar-refractivity contribution < 1.29 is 45.7 Å². The van der Waals surface area contributed by atoms with Crippen molar-refractivity contribution in [3.63, 3.8) is 0 Å². The Morgan fingerprint density at radius 3 is 2.35 bits per heavy atom.